The van der Waals surface area contributed by atoms with Gasteiger partial charge in [-0.05, 0) is 59.6 Å². The quantitative estimate of drug-likeness (QED) is 0.553. The van der Waals surface area contributed by atoms with E-state index in [9.17, 15) is 4.79 Å². The van der Waals surface area contributed by atoms with Gasteiger partial charge in [-0.3, -0.25) is 4.79 Å². The van der Waals surface area contributed by atoms with E-state index in [4.69, 9.17) is 14.2 Å². The van der Waals surface area contributed by atoms with Crippen LogP contribution in [0.4, 0.5) is 5.69 Å². The van der Waals surface area contributed by atoms with Gasteiger partial charge in [0.15, 0.2) is 0 Å². The van der Waals surface area contributed by atoms with Crippen LogP contribution in [-0.2, 0) is 4.74 Å². The summed E-state index contributed by atoms with van der Waals surface area (Å²) in [5.74, 6) is 1.22. The number of hydrogen-bond acceptors (Lipinski definition) is 4. The second kappa shape index (κ2) is 10.8. The number of nitrogens with one attached hydrogen (secondary N) is 1. The van der Waals surface area contributed by atoms with Crippen molar-refractivity contribution in [3.8, 4) is 11.5 Å². The number of hydrogen-bond donors (Lipinski definition) is 1. The van der Waals surface area contributed by atoms with Crippen LogP contribution in [-0.4, -0.2) is 32.3 Å². The Morgan fingerprint density at radius 2 is 1.88 bits per heavy atom. The number of benzene rings is 2. The van der Waals surface area contributed by atoms with Gasteiger partial charge in [0.25, 0.3) is 5.91 Å². The van der Waals surface area contributed by atoms with Crippen LogP contribution in [0.5, 0.6) is 11.5 Å². The average Bonchev–Trinajstić information content (AvgIpc) is 2.64. The number of anilines is 1. The number of halogens is 1. The first-order valence-electron chi connectivity index (χ1n) is 8.68. The lowest BCUT2D eigenvalue weighted by molar-refractivity contribution is 0.102. The van der Waals surface area contributed by atoms with Crippen LogP contribution in [0.25, 0.3) is 0 Å². The maximum atomic E-state index is 12.5. The van der Waals surface area contributed by atoms with Crippen molar-refractivity contribution in [3.05, 3.63) is 52.5 Å². The standard InChI is InChI=1S/C20H24BrNO4/c1-3-10-26-19-9-8-15(13-18(19)21)20(23)22-16-6-5-7-17(14-16)25-12-11-24-4-2/h5-9,13-14H,3-4,10-12H2,1-2H3,(H,22,23). The van der Waals surface area contributed by atoms with E-state index in [0.717, 1.165) is 16.6 Å². The molecular weight excluding hydrogens is 398 g/mol. The summed E-state index contributed by atoms with van der Waals surface area (Å²) >= 11 is 3.45. The van der Waals surface area contributed by atoms with Crippen molar-refractivity contribution in [2.24, 2.45) is 0 Å². The highest BCUT2D eigenvalue weighted by atomic mass is 79.9. The lowest BCUT2D eigenvalue weighted by Crippen LogP contribution is -2.12. The molecule has 0 unspecified atom stereocenters. The van der Waals surface area contributed by atoms with Gasteiger partial charge in [-0.25, -0.2) is 0 Å². The molecule has 0 saturated carbocycles. The largest absolute Gasteiger partial charge is 0.492 e. The second-order valence-corrected chi connectivity index (χ2v) is 6.38. The van der Waals surface area contributed by atoms with Crippen molar-refractivity contribution >= 4 is 27.5 Å². The Morgan fingerprint density at radius 3 is 2.62 bits per heavy atom. The van der Waals surface area contributed by atoms with E-state index >= 15 is 0 Å². The third-order valence-electron chi connectivity index (χ3n) is 3.45. The molecule has 0 fully saturated rings. The molecule has 0 heterocycles. The number of amides is 1. The van der Waals surface area contributed by atoms with Gasteiger partial charge in [0, 0.05) is 23.9 Å². The van der Waals surface area contributed by atoms with E-state index in [0.29, 0.717) is 43.4 Å². The molecule has 0 aliphatic carbocycles. The Balaban J connectivity index is 1.97. The monoisotopic (exact) mass is 421 g/mol. The summed E-state index contributed by atoms with van der Waals surface area (Å²) in [4.78, 5) is 12.5. The first kappa shape index (κ1) is 20.3. The number of ether oxygens (including phenoxy) is 3. The summed E-state index contributed by atoms with van der Waals surface area (Å²) in [5.41, 5.74) is 1.22. The van der Waals surface area contributed by atoms with Crippen LogP contribution in [0.2, 0.25) is 0 Å². The van der Waals surface area contributed by atoms with Gasteiger partial charge in [0.1, 0.15) is 18.1 Å². The van der Waals surface area contributed by atoms with E-state index in [1.54, 1.807) is 24.3 Å². The molecule has 0 atom stereocenters. The summed E-state index contributed by atoms with van der Waals surface area (Å²) in [6.07, 6.45) is 0.928. The summed E-state index contributed by atoms with van der Waals surface area (Å²) in [6.45, 7) is 6.30. The molecule has 0 aromatic heterocycles. The van der Waals surface area contributed by atoms with E-state index in [1.807, 2.05) is 32.0 Å². The maximum Gasteiger partial charge on any atom is 0.255 e. The Bertz CT molecular complexity index is 721. The van der Waals surface area contributed by atoms with Crippen LogP contribution >= 0.6 is 15.9 Å². The zero-order valence-electron chi connectivity index (χ0n) is 15.1. The van der Waals surface area contributed by atoms with Crippen molar-refractivity contribution in [1.29, 1.82) is 0 Å². The summed E-state index contributed by atoms with van der Waals surface area (Å²) in [5, 5.41) is 2.88. The average molecular weight is 422 g/mol. The van der Waals surface area contributed by atoms with E-state index in [2.05, 4.69) is 21.2 Å². The van der Waals surface area contributed by atoms with E-state index in [1.165, 1.54) is 0 Å². The third kappa shape index (κ3) is 6.35. The predicted octanol–water partition coefficient (Wildman–Crippen LogP) is 4.91. The molecule has 0 saturated heterocycles. The second-order valence-electron chi connectivity index (χ2n) is 5.52. The van der Waals surface area contributed by atoms with Crippen molar-refractivity contribution in [2.45, 2.75) is 20.3 Å². The Morgan fingerprint density at radius 1 is 1.04 bits per heavy atom. The van der Waals surface area contributed by atoms with Crippen molar-refractivity contribution in [3.63, 3.8) is 0 Å². The highest BCUT2D eigenvalue weighted by Gasteiger charge is 2.10. The Labute approximate surface area is 162 Å². The van der Waals surface area contributed by atoms with Gasteiger partial charge in [-0.1, -0.05) is 13.0 Å². The minimum Gasteiger partial charge on any atom is -0.492 e. The number of carbonyl (C=O) groups is 1. The normalized spacial score (nSPS) is 10.4. The minimum absolute atomic E-state index is 0.195. The minimum atomic E-state index is -0.195. The lowest BCUT2D eigenvalue weighted by Gasteiger charge is -2.11. The fourth-order valence-electron chi connectivity index (χ4n) is 2.20. The zero-order chi connectivity index (χ0) is 18.8. The molecule has 0 aliphatic rings. The lowest BCUT2D eigenvalue weighted by atomic mass is 10.2. The van der Waals surface area contributed by atoms with Gasteiger partial charge >= 0.3 is 0 Å². The van der Waals surface area contributed by atoms with Crippen LogP contribution in [0.1, 0.15) is 30.6 Å². The fraction of sp³-hybridized carbons (Fsp3) is 0.350. The van der Waals surface area contributed by atoms with Crippen molar-refractivity contribution < 1.29 is 19.0 Å². The van der Waals surface area contributed by atoms with Crippen LogP contribution in [0, 0.1) is 0 Å². The van der Waals surface area contributed by atoms with Gasteiger partial charge in [-0.2, -0.15) is 0 Å². The molecule has 0 bridgehead atoms. The Kier molecular flexibility index (Phi) is 8.44. The highest BCUT2D eigenvalue weighted by molar-refractivity contribution is 9.10. The van der Waals surface area contributed by atoms with Crippen LogP contribution in [0.3, 0.4) is 0 Å². The molecule has 1 amide bonds. The molecule has 0 spiro atoms. The highest BCUT2D eigenvalue weighted by Crippen LogP contribution is 2.27. The summed E-state index contributed by atoms with van der Waals surface area (Å²) in [6, 6.07) is 12.6. The molecular formula is C20H24BrNO4. The van der Waals surface area contributed by atoms with Gasteiger partial charge in [-0.15, -0.1) is 0 Å². The molecule has 140 valence electrons. The number of rotatable bonds is 10. The SMILES string of the molecule is CCCOc1ccc(C(=O)Nc2cccc(OCCOCC)c2)cc1Br. The van der Waals surface area contributed by atoms with E-state index < -0.39 is 0 Å². The molecule has 2 aromatic rings. The van der Waals surface area contributed by atoms with Crippen LogP contribution < -0.4 is 14.8 Å². The molecule has 5 nitrogen and oxygen atoms in total. The molecule has 0 aliphatic heterocycles. The zero-order valence-corrected chi connectivity index (χ0v) is 16.7. The predicted molar refractivity (Wildman–Crippen MR) is 106 cm³/mol. The number of carbonyl (C=O) groups excluding carboxylic acids is 1. The first-order chi connectivity index (χ1) is 12.6. The van der Waals surface area contributed by atoms with E-state index in [-0.39, 0.29) is 5.91 Å². The smallest absolute Gasteiger partial charge is 0.255 e. The van der Waals surface area contributed by atoms with Gasteiger partial charge in [0.2, 0.25) is 0 Å². The summed E-state index contributed by atoms with van der Waals surface area (Å²) in [7, 11) is 0. The van der Waals surface area contributed by atoms with Crippen molar-refractivity contribution in [1.82, 2.24) is 0 Å². The molecule has 2 aromatic carbocycles. The fourth-order valence-corrected chi connectivity index (χ4v) is 2.69. The maximum absolute atomic E-state index is 12.5. The summed E-state index contributed by atoms with van der Waals surface area (Å²) < 4.78 is 17.2. The molecule has 2 rings (SSSR count). The van der Waals surface area contributed by atoms with Crippen LogP contribution in [0.15, 0.2) is 46.9 Å². The molecule has 0 radical (unpaired) electrons. The van der Waals surface area contributed by atoms with Gasteiger partial charge < -0.3 is 19.5 Å². The third-order valence-corrected chi connectivity index (χ3v) is 4.07. The molecule has 6 heteroatoms. The van der Waals surface area contributed by atoms with Crippen molar-refractivity contribution in [2.75, 3.05) is 31.7 Å². The molecule has 1 N–H and O–H groups in total. The molecule has 26 heavy (non-hydrogen) atoms. The topological polar surface area (TPSA) is 56.8 Å². The Hall–Kier alpha value is -2.05. The first-order valence-corrected chi connectivity index (χ1v) is 9.47. The van der Waals surface area contributed by atoms with Gasteiger partial charge in [0.05, 0.1) is 17.7 Å².